The summed E-state index contributed by atoms with van der Waals surface area (Å²) in [6, 6.07) is 14.7. The summed E-state index contributed by atoms with van der Waals surface area (Å²) in [6.45, 7) is 1.91. The van der Waals surface area contributed by atoms with Gasteiger partial charge >= 0.3 is 0 Å². The monoisotopic (exact) mass is 391 g/mol. The third kappa shape index (κ3) is 3.62. The number of nitrogens with zero attached hydrogens (tertiary/aromatic N) is 1. The molecule has 3 aromatic rings. The van der Waals surface area contributed by atoms with Gasteiger partial charge in [-0.3, -0.25) is 14.9 Å². The molecule has 0 amide bonds. The second-order valence-corrected chi connectivity index (χ2v) is 6.66. The molecule has 7 nitrogen and oxygen atoms in total. The summed E-state index contributed by atoms with van der Waals surface area (Å²) >= 11 is 0. The molecular weight excluding hydrogens is 374 g/mol. The minimum absolute atomic E-state index is 0.0777. The molecule has 0 aliphatic carbocycles. The number of nitro benzene ring substituents is 1. The highest BCUT2D eigenvalue weighted by Crippen LogP contribution is 2.42. The fourth-order valence-electron chi connectivity index (χ4n) is 3.17. The molecule has 1 aliphatic heterocycles. The zero-order valence-electron chi connectivity index (χ0n) is 15.8. The number of methoxy groups -OCH3 is 1. The predicted molar refractivity (Wildman–Crippen MR) is 105 cm³/mol. The summed E-state index contributed by atoms with van der Waals surface area (Å²) in [7, 11) is 1.55. The molecule has 146 valence electrons. The molecule has 1 aliphatic rings. The second-order valence-electron chi connectivity index (χ2n) is 6.66. The van der Waals surface area contributed by atoms with E-state index in [1.54, 1.807) is 37.4 Å². The lowest BCUT2D eigenvalue weighted by Gasteiger charge is -2.13. The van der Waals surface area contributed by atoms with Crippen LogP contribution < -0.4 is 14.2 Å². The molecule has 0 fully saturated rings. The van der Waals surface area contributed by atoms with Crippen molar-refractivity contribution in [2.75, 3.05) is 7.11 Å². The number of fused-ring (bicyclic) bond motifs is 2. The lowest BCUT2D eigenvalue weighted by atomic mass is 10.0. The van der Waals surface area contributed by atoms with Crippen LogP contribution in [0.25, 0.3) is 0 Å². The third-order valence-electron chi connectivity index (χ3n) is 4.62. The summed E-state index contributed by atoms with van der Waals surface area (Å²) in [5.74, 6) is 1.51. The van der Waals surface area contributed by atoms with Gasteiger partial charge in [0.2, 0.25) is 0 Å². The highest BCUT2D eigenvalue weighted by molar-refractivity contribution is 6.04. The molecule has 0 aromatic heterocycles. The minimum atomic E-state index is -0.545. The number of hydrogen-bond donors (Lipinski definition) is 0. The number of hydrogen-bond acceptors (Lipinski definition) is 6. The maximum atomic E-state index is 13.0. The number of nitro groups is 1. The summed E-state index contributed by atoms with van der Waals surface area (Å²) in [6.07, 6.45) is 0.111. The normalized spacial score (nSPS) is 12.3. The Kier molecular flexibility index (Phi) is 4.64. The van der Waals surface area contributed by atoms with Crippen LogP contribution in [0.3, 0.4) is 0 Å². The van der Waals surface area contributed by atoms with E-state index in [1.165, 1.54) is 12.1 Å². The van der Waals surface area contributed by atoms with E-state index in [4.69, 9.17) is 14.2 Å². The van der Waals surface area contributed by atoms with Crippen molar-refractivity contribution in [2.45, 2.75) is 13.3 Å². The molecule has 1 heterocycles. The molecule has 0 atom stereocenters. The summed E-state index contributed by atoms with van der Waals surface area (Å²) < 4.78 is 16.9. The van der Waals surface area contributed by atoms with Crippen LogP contribution in [0.15, 0.2) is 54.6 Å². The highest BCUT2D eigenvalue weighted by atomic mass is 16.6. The van der Waals surface area contributed by atoms with E-state index in [2.05, 4.69) is 0 Å². The number of ketones is 1. The number of benzene rings is 3. The van der Waals surface area contributed by atoms with Crippen molar-refractivity contribution in [3.8, 4) is 28.7 Å². The Balaban J connectivity index is 1.83. The van der Waals surface area contributed by atoms with E-state index >= 15 is 0 Å². The molecule has 0 unspecified atom stereocenters. The number of rotatable bonds is 4. The topological polar surface area (TPSA) is 87.9 Å². The molecule has 0 saturated heterocycles. The first kappa shape index (κ1) is 18.5. The smallest absolute Gasteiger partial charge is 0.276 e. The number of non-ortho nitro benzene ring substituents is 1. The van der Waals surface area contributed by atoms with Gasteiger partial charge in [0.05, 0.1) is 24.2 Å². The first-order valence-corrected chi connectivity index (χ1v) is 8.89. The number of ether oxygens (including phenoxy) is 3. The van der Waals surface area contributed by atoms with Crippen molar-refractivity contribution in [1.82, 2.24) is 0 Å². The van der Waals surface area contributed by atoms with Crippen LogP contribution in [0.1, 0.15) is 21.5 Å². The lowest BCUT2D eigenvalue weighted by Crippen LogP contribution is -2.05. The predicted octanol–water partition coefficient (Wildman–Crippen LogP) is 5.24. The average Bonchev–Trinajstić information content (AvgIpc) is 2.83. The number of carbonyl (C=O) groups excluding carboxylic acids is 1. The van der Waals surface area contributed by atoms with Gasteiger partial charge in [-0.25, -0.2) is 0 Å². The minimum Gasteiger partial charge on any atom is -0.497 e. The van der Waals surface area contributed by atoms with Crippen molar-refractivity contribution in [3.05, 3.63) is 81.4 Å². The van der Waals surface area contributed by atoms with Gasteiger partial charge in [-0.05, 0) is 42.8 Å². The van der Waals surface area contributed by atoms with Crippen LogP contribution in [0.5, 0.6) is 28.7 Å². The van der Waals surface area contributed by atoms with Gasteiger partial charge in [-0.2, -0.15) is 0 Å². The number of carbonyl (C=O) groups is 1. The molecule has 0 N–H and O–H groups in total. The maximum absolute atomic E-state index is 13.0. The zero-order chi connectivity index (χ0) is 20.5. The summed E-state index contributed by atoms with van der Waals surface area (Å²) in [5, 5.41) is 11.4. The van der Waals surface area contributed by atoms with Crippen LogP contribution >= 0.6 is 0 Å². The first-order chi connectivity index (χ1) is 13.9. The largest absolute Gasteiger partial charge is 0.497 e. The van der Waals surface area contributed by atoms with E-state index in [0.717, 1.165) is 11.1 Å². The van der Waals surface area contributed by atoms with E-state index in [0.29, 0.717) is 17.2 Å². The van der Waals surface area contributed by atoms with Crippen molar-refractivity contribution >= 4 is 11.5 Å². The molecule has 0 bridgehead atoms. The van der Waals surface area contributed by atoms with Crippen molar-refractivity contribution in [3.63, 3.8) is 0 Å². The van der Waals surface area contributed by atoms with Crippen molar-refractivity contribution < 1.29 is 23.9 Å². The molecule has 0 saturated carbocycles. The molecule has 0 radical (unpaired) electrons. The Bertz CT molecular complexity index is 1120. The SMILES string of the molecule is COc1ccc(Oc2cc([N+](=O)[O-])cc3c2C(=O)Cc2ccc(C)cc2O3)cc1. The van der Waals surface area contributed by atoms with Crippen molar-refractivity contribution in [2.24, 2.45) is 0 Å². The fraction of sp³-hybridized carbons (Fsp3) is 0.136. The van der Waals surface area contributed by atoms with Crippen LogP contribution in [0.2, 0.25) is 0 Å². The van der Waals surface area contributed by atoms with Crippen LogP contribution in [-0.2, 0) is 6.42 Å². The van der Waals surface area contributed by atoms with Gasteiger partial charge in [0.1, 0.15) is 34.3 Å². The lowest BCUT2D eigenvalue weighted by molar-refractivity contribution is -0.385. The second kappa shape index (κ2) is 7.27. The molecule has 4 rings (SSSR count). The maximum Gasteiger partial charge on any atom is 0.276 e. The van der Waals surface area contributed by atoms with Gasteiger partial charge in [0.15, 0.2) is 5.78 Å². The van der Waals surface area contributed by atoms with Crippen LogP contribution in [0.4, 0.5) is 5.69 Å². The van der Waals surface area contributed by atoms with Gasteiger partial charge in [-0.15, -0.1) is 0 Å². The van der Waals surface area contributed by atoms with Gasteiger partial charge in [-0.1, -0.05) is 12.1 Å². The number of aryl methyl sites for hydroxylation is 1. The Morgan fingerprint density at radius 2 is 1.72 bits per heavy atom. The standard InChI is InChI=1S/C22H17NO6/c1-13-3-4-14-10-18(24)22-20(28-17-7-5-16(27-2)6-8-17)11-15(23(25)26)12-21(22)29-19(14)9-13/h3-9,11-12H,10H2,1-2H3. The molecule has 7 heteroatoms. The highest BCUT2D eigenvalue weighted by Gasteiger charge is 2.29. The zero-order valence-corrected chi connectivity index (χ0v) is 15.8. The Morgan fingerprint density at radius 3 is 2.41 bits per heavy atom. The quantitative estimate of drug-likeness (QED) is 0.447. The Hall–Kier alpha value is -3.87. The van der Waals surface area contributed by atoms with Gasteiger partial charge in [0, 0.05) is 12.0 Å². The fourth-order valence-corrected chi connectivity index (χ4v) is 3.17. The third-order valence-corrected chi connectivity index (χ3v) is 4.62. The van der Waals surface area contributed by atoms with Crippen LogP contribution in [-0.4, -0.2) is 17.8 Å². The van der Waals surface area contributed by atoms with Gasteiger partial charge < -0.3 is 14.2 Å². The summed E-state index contributed by atoms with van der Waals surface area (Å²) in [4.78, 5) is 23.9. The Labute approximate surface area is 166 Å². The number of Topliss-reactive ketones (excluding diaryl/α,β-unsaturated/α-hetero) is 1. The van der Waals surface area contributed by atoms with E-state index in [-0.39, 0.29) is 35.0 Å². The van der Waals surface area contributed by atoms with Crippen molar-refractivity contribution in [1.29, 1.82) is 0 Å². The molecular formula is C22H17NO6. The summed E-state index contributed by atoms with van der Waals surface area (Å²) in [5.41, 5.74) is 1.63. The van der Waals surface area contributed by atoms with Crippen LogP contribution in [0, 0.1) is 17.0 Å². The van der Waals surface area contributed by atoms with E-state index < -0.39 is 4.92 Å². The molecule has 3 aromatic carbocycles. The molecule has 0 spiro atoms. The van der Waals surface area contributed by atoms with E-state index in [1.807, 2.05) is 19.1 Å². The average molecular weight is 391 g/mol. The first-order valence-electron chi connectivity index (χ1n) is 8.89. The van der Waals surface area contributed by atoms with E-state index in [9.17, 15) is 14.9 Å². The Morgan fingerprint density at radius 1 is 1.00 bits per heavy atom. The van der Waals surface area contributed by atoms with Gasteiger partial charge in [0.25, 0.3) is 5.69 Å². The molecule has 29 heavy (non-hydrogen) atoms.